The summed E-state index contributed by atoms with van der Waals surface area (Å²) in [6.07, 6.45) is 3.90. The Balaban J connectivity index is 1.82. The maximum absolute atomic E-state index is 12.3. The van der Waals surface area contributed by atoms with Crippen molar-refractivity contribution in [2.45, 2.75) is 18.8 Å². The number of Topliss-reactive ketones (excluding diaryl/α,β-unsaturated/α-hetero) is 1. The molecule has 1 heterocycles. The Morgan fingerprint density at radius 2 is 1.95 bits per heavy atom. The molecule has 2 aromatic rings. The van der Waals surface area contributed by atoms with E-state index >= 15 is 0 Å². The number of aromatic nitrogens is 1. The standard InChI is InChI=1S/C16H12BrNO/c17-12-2-4-15(18-8-12)9-1-3-13-10-5-11(6-10)16(19)14(13)7-9/h1-4,7-8,10-11H,5-6H2. The summed E-state index contributed by atoms with van der Waals surface area (Å²) in [6.45, 7) is 0. The van der Waals surface area contributed by atoms with Crippen LogP contribution in [0.5, 0.6) is 0 Å². The first-order chi connectivity index (χ1) is 9.22. The van der Waals surface area contributed by atoms with Crippen LogP contribution in [0, 0.1) is 5.92 Å². The Kier molecular flexibility index (Phi) is 2.39. The second kappa shape index (κ2) is 4.01. The van der Waals surface area contributed by atoms with Gasteiger partial charge in [-0.25, -0.2) is 0 Å². The summed E-state index contributed by atoms with van der Waals surface area (Å²) in [7, 11) is 0. The van der Waals surface area contributed by atoms with E-state index in [1.807, 2.05) is 18.2 Å². The molecule has 1 aromatic heterocycles. The van der Waals surface area contributed by atoms with E-state index < -0.39 is 0 Å². The Hall–Kier alpha value is -1.48. The Bertz CT molecular complexity index is 672. The summed E-state index contributed by atoms with van der Waals surface area (Å²) < 4.78 is 0.964. The van der Waals surface area contributed by atoms with Gasteiger partial charge < -0.3 is 0 Å². The number of ketones is 1. The van der Waals surface area contributed by atoms with E-state index in [2.05, 4.69) is 33.0 Å². The molecule has 0 N–H and O–H groups in total. The lowest BCUT2D eigenvalue weighted by Gasteiger charge is -2.41. The van der Waals surface area contributed by atoms with Crippen LogP contribution in [-0.4, -0.2) is 10.8 Å². The highest BCUT2D eigenvalue weighted by molar-refractivity contribution is 9.10. The van der Waals surface area contributed by atoms with Gasteiger partial charge in [0.1, 0.15) is 0 Å². The SMILES string of the molecule is O=C1c2cc(-c3ccc(Br)cn3)ccc2C2CC1C2. The molecule has 1 fully saturated rings. The minimum atomic E-state index is 0.283. The van der Waals surface area contributed by atoms with Gasteiger partial charge in [-0.15, -0.1) is 0 Å². The Morgan fingerprint density at radius 3 is 2.68 bits per heavy atom. The minimum absolute atomic E-state index is 0.283. The van der Waals surface area contributed by atoms with Gasteiger partial charge in [0, 0.05) is 27.7 Å². The van der Waals surface area contributed by atoms with Crippen molar-refractivity contribution in [1.82, 2.24) is 4.98 Å². The summed E-state index contributed by atoms with van der Waals surface area (Å²) >= 11 is 3.38. The lowest BCUT2D eigenvalue weighted by molar-refractivity contribution is 0.0792. The topological polar surface area (TPSA) is 30.0 Å². The van der Waals surface area contributed by atoms with Crippen molar-refractivity contribution in [2.24, 2.45) is 5.92 Å². The van der Waals surface area contributed by atoms with Crippen LogP contribution in [0.25, 0.3) is 11.3 Å². The maximum Gasteiger partial charge on any atom is 0.166 e. The van der Waals surface area contributed by atoms with Gasteiger partial charge in [0.2, 0.25) is 0 Å². The van der Waals surface area contributed by atoms with Crippen LogP contribution in [0.1, 0.15) is 34.7 Å². The predicted molar refractivity (Wildman–Crippen MR) is 77.2 cm³/mol. The van der Waals surface area contributed by atoms with E-state index in [0.29, 0.717) is 11.7 Å². The smallest absolute Gasteiger partial charge is 0.166 e. The highest BCUT2D eigenvalue weighted by atomic mass is 79.9. The van der Waals surface area contributed by atoms with Gasteiger partial charge in [-0.3, -0.25) is 9.78 Å². The largest absolute Gasteiger partial charge is 0.294 e. The molecule has 0 aliphatic heterocycles. The van der Waals surface area contributed by atoms with Crippen LogP contribution in [0.4, 0.5) is 0 Å². The van der Waals surface area contributed by atoms with Crippen LogP contribution >= 0.6 is 15.9 Å². The average Bonchev–Trinajstić information content (AvgIpc) is 2.38. The van der Waals surface area contributed by atoms with Crippen LogP contribution in [0.3, 0.4) is 0 Å². The molecule has 0 saturated heterocycles. The van der Waals surface area contributed by atoms with Gasteiger partial charge in [0.05, 0.1) is 5.69 Å². The zero-order valence-corrected chi connectivity index (χ0v) is 11.9. The molecule has 0 unspecified atom stereocenters. The van der Waals surface area contributed by atoms with Crippen molar-refractivity contribution in [3.8, 4) is 11.3 Å². The molecule has 2 bridgehead atoms. The second-order valence-electron chi connectivity index (χ2n) is 5.39. The highest BCUT2D eigenvalue weighted by Gasteiger charge is 2.42. The third-order valence-electron chi connectivity index (χ3n) is 4.29. The molecular formula is C16H12BrNO. The molecule has 0 spiro atoms. The van der Waals surface area contributed by atoms with Crippen molar-refractivity contribution in [3.63, 3.8) is 0 Å². The number of halogens is 1. The highest BCUT2D eigenvalue weighted by Crippen LogP contribution is 2.50. The molecular weight excluding hydrogens is 302 g/mol. The molecule has 5 rings (SSSR count). The van der Waals surface area contributed by atoms with Crippen LogP contribution in [0.2, 0.25) is 0 Å². The van der Waals surface area contributed by atoms with Gasteiger partial charge in [-0.1, -0.05) is 12.1 Å². The normalized spacial score (nSPS) is 23.7. The molecule has 1 aromatic carbocycles. The van der Waals surface area contributed by atoms with Crippen molar-refractivity contribution in [3.05, 3.63) is 52.1 Å². The summed E-state index contributed by atoms with van der Waals surface area (Å²) in [5.41, 5.74) is 4.11. The number of rotatable bonds is 1. The zero-order valence-electron chi connectivity index (χ0n) is 10.3. The average molecular weight is 314 g/mol. The van der Waals surface area contributed by atoms with E-state index in [1.165, 1.54) is 5.56 Å². The third-order valence-corrected chi connectivity index (χ3v) is 4.76. The van der Waals surface area contributed by atoms with Crippen molar-refractivity contribution in [2.75, 3.05) is 0 Å². The number of hydrogen-bond donors (Lipinski definition) is 0. The number of pyridine rings is 1. The fourth-order valence-electron chi connectivity index (χ4n) is 3.14. The first-order valence-electron chi connectivity index (χ1n) is 6.52. The number of hydrogen-bond acceptors (Lipinski definition) is 2. The molecule has 0 atom stereocenters. The first-order valence-corrected chi connectivity index (χ1v) is 7.32. The van der Waals surface area contributed by atoms with Gasteiger partial charge in [0.25, 0.3) is 0 Å². The molecule has 3 heteroatoms. The molecule has 3 aliphatic carbocycles. The maximum atomic E-state index is 12.3. The lowest BCUT2D eigenvalue weighted by Crippen LogP contribution is -2.36. The lowest BCUT2D eigenvalue weighted by atomic mass is 9.62. The molecule has 1 saturated carbocycles. The minimum Gasteiger partial charge on any atom is -0.294 e. The van der Waals surface area contributed by atoms with E-state index in [-0.39, 0.29) is 5.92 Å². The molecule has 0 radical (unpaired) electrons. The summed E-state index contributed by atoms with van der Waals surface area (Å²) in [6, 6.07) is 10.2. The van der Waals surface area contributed by atoms with Crippen LogP contribution < -0.4 is 0 Å². The van der Waals surface area contributed by atoms with Crippen molar-refractivity contribution in [1.29, 1.82) is 0 Å². The van der Waals surface area contributed by atoms with Crippen molar-refractivity contribution < 1.29 is 4.79 Å². The van der Waals surface area contributed by atoms with Gasteiger partial charge >= 0.3 is 0 Å². The van der Waals surface area contributed by atoms with E-state index in [0.717, 1.165) is 34.1 Å². The Morgan fingerprint density at radius 1 is 1.11 bits per heavy atom. The second-order valence-corrected chi connectivity index (χ2v) is 6.31. The van der Waals surface area contributed by atoms with Crippen LogP contribution in [-0.2, 0) is 0 Å². The Labute approximate surface area is 120 Å². The fraction of sp³-hybridized carbons (Fsp3) is 0.250. The third kappa shape index (κ3) is 1.68. The van der Waals surface area contributed by atoms with Crippen LogP contribution in [0.15, 0.2) is 41.0 Å². The zero-order chi connectivity index (χ0) is 13.0. The predicted octanol–water partition coefficient (Wildman–Crippen LogP) is 4.20. The van der Waals surface area contributed by atoms with E-state index in [9.17, 15) is 4.79 Å². The van der Waals surface area contributed by atoms with Crippen molar-refractivity contribution >= 4 is 21.7 Å². The number of benzene rings is 1. The number of carbonyl (C=O) groups excluding carboxylic acids is 1. The van der Waals surface area contributed by atoms with Gasteiger partial charge in [0.15, 0.2) is 5.78 Å². The summed E-state index contributed by atoms with van der Waals surface area (Å²) in [5, 5.41) is 0. The van der Waals surface area contributed by atoms with E-state index in [4.69, 9.17) is 0 Å². The molecule has 2 nitrogen and oxygen atoms in total. The van der Waals surface area contributed by atoms with Gasteiger partial charge in [-0.05, 0) is 58.5 Å². The molecule has 3 aliphatic rings. The summed E-state index contributed by atoms with van der Waals surface area (Å²) in [5.74, 6) is 1.23. The number of carbonyl (C=O) groups is 1. The van der Waals surface area contributed by atoms with E-state index in [1.54, 1.807) is 6.20 Å². The molecule has 94 valence electrons. The quantitative estimate of drug-likeness (QED) is 0.789. The monoisotopic (exact) mass is 313 g/mol. The molecule has 0 amide bonds. The fourth-order valence-corrected chi connectivity index (χ4v) is 3.37. The first kappa shape index (κ1) is 11.4. The summed E-state index contributed by atoms with van der Waals surface area (Å²) in [4.78, 5) is 16.7. The number of nitrogens with zero attached hydrogens (tertiary/aromatic N) is 1. The molecule has 19 heavy (non-hydrogen) atoms. The van der Waals surface area contributed by atoms with Gasteiger partial charge in [-0.2, -0.15) is 0 Å².